The summed E-state index contributed by atoms with van der Waals surface area (Å²) in [5, 5.41) is 0. The van der Waals surface area contributed by atoms with E-state index in [1.165, 1.54) is 31.2 Å². The molecule has 3 nitrogen and oxygen atoms in total. The van der Waals surface area contributed by atoms with Crippen LogP contribution in [-0.4, -0.2) is 23.0 Å². The largest absolute Gasteiger partial charge is 0.384 e. The fourth-order valence-electron chi connectivity index (χ4n) is 2.81. The zero-order chi connectivity index (χ0) is 12.3. The normalized spacial score (nSPS) is 25.1. The summed E-state index contributed by atoms with van der Waals surface area (Å²) in [6.45, 7) is 3.34. The van der Waals surface area contributed by atoms with Crippen molar-refractivity contribution in [2.75, 3.05) is 12.8 Å². The maximum atomic E-state index is 5.71. The van der Waals surface area contributed by atoms with Gasteiger partial charge < -0.3 is 5.73 Å². The van der Waals surface area contributed by atoms with Crippen LogP contribution in [0.1, 0.15) is 38.2 Å². The van der Waals surface area contributed by atoms with Gasteiger partial charge in [0.2, 0.25) is 0 Å². The average Bonchev–Trinajstić information content (AvgIpc) is 2.29. The first-order valence-electron chi connectivity index (χ1n) is 6.56. The van der Waals surface area contributed by atoms with Crippen molar-refractivity contribution in [3.05, 3.63) is 23.9 Å². The van der Waals surface area contributed by atoms with E-state index in [-0.39, 0.29) is 0 Å². The van der Waals surface area contributed by atoms with Crippen molar-refractivity contribution in [3.63, 3.8) is 0 Å². The van der Waals surface area contributed by atoms with Gasteiger partial charge in [-0.15, -0.1) is 0 Å². The molecule has 2 N–H and O–H groups in total. The predicted octanol–water partition coefficient (Wildman–Crippen LogP) is 2.67. The Kier molecular flexibility index (Phi) is 4.00. The molecule has 2 unspecified atom stereocenters. The van der Waals surface area contributed by atoms with Crippen LogP contribution in [-0.2, 0) is 6.54 Å². The fourth-order valence-corrected chi connectivity index (χ4v) is 2.81. The third kappa shape index (κ3) is 3.43. The van der Waals surface area contributed by atoms with E-state index in [2.05, 4.69) is 29.9 Å². The van der Waals surface area contributed by atoms with Crippen LogP contribution >= 0.6 is 0 Å². The first-order valence-corrected chi connectivity index (χ1v) is 6.56. The highest BCUT2D eigenvalue weighted by Crippen LogP contribution is 2.27. The number of rotatable bonds is 3. The van der Waals surface area contributed by atoms with Crippen molar-refractivity contribution in [2.45, 2.75) is 45.2 Å². The van der Waals surface area contributed by atoms with E-state index in [4.69, 9.17) is 5.73 Å². The molecule has 17 heavy (non-hydrogen) atoms. The van der Waals surface area contributed by atoms with Gasteiger partial charge in [-0.05, 0) is 43.5 Å². The second-order valence-electron chi connectivity index (χ2n) is 5.43. The molecule has 0 aliphatic heterocycles. The SMILES string of the molecule is CC1CCCC(N(C)Cc2ccnc(N)c2)C1. The molecule has 94 valence electrons. The van der Waals surface area contributed by atoms with Gasteiger partial charge in [0.1, 0.15) is 5.82 Å². The van der Waals surface area contributed by atoms with E-state index in [1.807, 2.05) is 6.07 Å². The second-order valence-corrected chi connectivity index (χ2v) is 5.43. The van der Waals surface area contributed by atoms with Gasteiger partial charge in [0.05, 0.1) is 0 Å². The van der Waals surface area contributed by atoms with Crippen molar-refractivity contribution in [1.29, 1.82) is 0 Å². The van der Waals surface area contributed by atoms with Crippen LogP contribution in [0.3, 0.4) is 0 Å². The Morgan fingerprint density at radius 3 is 3.00 bits per heavy atom. The number of pyridine rings is 1. The summed E-state index contributed by atoms with van der Waals surface area (Å²) in [6, 6.07) is 4.76. The Morgan fingerprint density at radius 1 is 1.47 bits per heavy atom. The minimum Gasteiger partial charge on any atom is -0.384 e. The summed E-state index contributed by atoms with van der Waals surface area (Å²) in [5.74, 6) is 1.49. The number of nitrogen functional groups attached to an aromatic ring is 1. The number of anilines is 1. The van der Waals surface area contributed by atoms with Crippen molar-refractivity contribution in [2.24, 2.45) is 5.92 Å². The Bertz CT molecular complexity index is 364. The lowest BCUT2D eigenvalue weighted by atomic mass is 9.86. The third-order valence-electron chi connectivity index (χ3n) is 3.81. The molecule has 0 radical (unpaired) electrons. The maximum absolute atomic E-state index is 5.71. The first kappa shape index (κ1) is 12.4. The molecule has 1 heterocycles. The maximum Gasteiger partial charge on any atom is 0.123 e. The molecule has 1 aliphatic carbocycles. The summed E-state index contributed by atoms with van der Waals surface area (Å²) < 4.78 is 0. The summed E-state index contributed by atoms with van der Waals surface area (Å²) in [5.41, 5.74) is 6.97. The van der Waals surface area contributed by atoms with Crippen LogP contribution in [0, 0.1) is 5.92 Å². The quantitative estimate of drug-likeness (QED) is 0.872. The predicted molar refractivity (Wildman–Crippen MR) is 71.5 cm³/mol. The van der Waals surface area contributed by atoms with Gasteiger partial charge in [-0.2, -0.15) is 0 Å². The summed E-state index contributed by atoms with van der Waals surface area (Å²) in [6.07, 6.45) is 7.22. The fraction of sp³-hybridized carbons (Fsp3) is 0.643. The number of nitrogens with two attached hydrogens (primary N) is 1. The van der Waals surface area contributed by atoms with Crippen molar-refractivity contribution in [1.82, 2.24) is 9.88 Å². The summed E-state index contributed by atoms with van der Waals surface area (Å²) >= 11 is 0. The zero-order valence-electron chi connectivity index (χ0n) is 10.9. The van der Waals surface area contributed by atoms with Crippen LogP contribution in [0.5, 0.6) is 0 Å². The smallest absolute Gasteiger partial charge is 0.123 e. The monoisotopic (exact) mass is 233 g/mol. The topological polar surface area (TPSA) is 42.2 Å². The highest BCUT2D eigenvalue weighted by atomic mass is 15.1. The molecule has 2 rings (SSSR count). The van der Waals surface area contributed by atoms with E-state index in [1.54, 1.807) is 6.20 Å². The van der Waals surface area contributed by atoms with Gasteiger partial charge in [0.15, 0.2) is 0 Å². The van der Waals surface area contributed by atoms with Crippen LogP contribution < -0.4 is 5.73 Å². The minimum absolute atomic E-state index is 0.618. The minimum atomic E-state index is 0.618. The zero-order valence-corrected chi connectivity index (χ0v) is 10.9. The number of hydrogen-bond acceptors (Lipinski definition) is 3. The lowest BCUT2D eigenvalue weighted by Gasteiger charge is -2.34. The van der Waals surface area contributed by atoms with E-state index in [0.717, 1.165) is 18.5 Å². The molecule has 0 bridgehead atoms. The van der Waals surface area contributed by atoms with Crippen molar-refractivity contribution >= 4 is 5.82 Å². The van der Waals surface area contributed by atoms with E-state index >= 15 is 0 Å². The average molecular weight is 233 g/mol. The second kappa shape index (κ2) is 5.50. The molecule has 0 aromatic carbocycles. The molecular formula is C14H23N3. The highest BCUT2D eigenvalue weighted by molar-refractivity contribution is 5.31. The van der Waals surface area contributed by atoms with Crippen LogP contribution in [0.2, 0.25) is 0 Å². The number of aromatic nitrogens is 1. The van der Waals surface area contributed by atoms with E-state index in [9.17, 15) is 0 Å². The summed E-state index contributed by atoms with van der Waals surface area (Å²) in [7, 11) is 2.22. The number of hydrogen-bond donors (Lipinski definition) is 1. The van der Waals surface area contributed by atoms with Crippen LogP contribution in [0.15, 0.2) is 18.3 Å². The van der Waals surface area contributed by atoms with Gasteiger partial charge in [-0.25, -0.2) is 4.98 Å². The van der Waals surface area contributed by atoms with Gasteiger partial charge in [0, 0.05) is 18.8 Å². The molecular weight excluding hydrogens is 210 g/mol. The van der Waals surface area contributed by atoms with Crippen molar-refractivity contribution < 1.29 is 0 Å². The van der Waals surface area contributed by atoms with E-state index < -0.39 is 0 Å². The Morgan fingerprint density at radius 2 is 2.29 bits per heavy atom. The molecule has 2 atom stereocenters. The molecule has 3 heteroatoms. The van der Waals surface area contributed by atoms with Gasteiger partial charge >= 0.3 is 0 Å². The van der Waals surface area contributed by atoms with Crippen molar-refractivity contribution in [3.8, 4) is 0 Å². The first-order chi connectivity index (χ1) is 8.15. The molecule has 1 saturated carbocycles. The highest BCUT2D eigenvalue weighted by Gasteiger charge is 2.22. The molecule has 1 fully saturated rings. The summed E-state index contributed by atoms with van der Waals surface area (Å²) in [4.78, 5) is 6.49. The lowest BCUT2D eigenvalue weighted by molar-refractivity contribution is 0.157. The van der Waals surface area contributed by atoms with Gasteiger partial charge in [-0.1, -0.05) is 19.8 Å². The Hall–Kier alpha value is -1.09. The third-order valence-corrected chi connectivity index (χ3v) is 3.81. The van der Waals surface area contributed by atoms with E-state index in [0.29, 0.717) is 5.82 Å². The number of nitrogens with zero attached hydrogens (tertiary/aromatic N) is 2. The van der Waals surface area contributed by atoms with Gasteiger partial charge in [-0.3, -0.25) is 4.90 Å². The van der Waals surface area contributed by atoms with Crippen LogP contribution in [0.4, 0.5) is 5.82 Å². The molecule has 1 aromatic heterocycles. The molecule has 0 amide bonds. The van der Waals surface area contributed by atoms with Crippen LogP contribution in [0.25, 0.3) is 0 Å². The Labute approximate surface area is 104 Å². The molecule has 0 spiro atoms. The Balaban J connectivity index is 1.94. The lowest BCUT2D eigenvalue weighted by Crippen LogP contribution is -2.35. The molecule has 0 saturated heterocycles. The standard InChI is InChI=1S/C14H23N3/c1-11-4-3-5-13(8-11)17(2)10-12-6-7-16-14(15)9-12/h6-7,9,11,13H,3-5,8,10H2,1-2H3,(H2,15,16). The van der Waals surface area contributed by atoms with Gasteiger partial charge in [0.25, 0.3) is 0 Å². The molecule has 1 aromatic rings. The molecule has 1 aliphatic rings.